The van der Waals surface area contributed by atoms with E-state index < -0.39 is 24.0 Å². The van der Waals surface area contributed by atoms with Crippen LogP contribution in [0.3, 0.4) is 0 Å². The van der Waals surface area contributed by atoms with E-state index in [0.717, 1.165) is 4.68 Å². The number of aliphatic hydroxyl groups excluding tert-OH is 2. The van der Waals surface area contributed by atoms with Gasteiger partial charge < -0.3 is 20.7 Å². The van der Waals surface area contributed by atoms with E-state index in [1.54, 1.807) is 0 Å². The highest BCUT2D eigenvalue weighted by Crippen LogP contribution is 2.27. The summed E-state index contributed by atoms with van der Waals surface area (Å²) in [5, 5.41) is 22.1. The van der Waals surface area contributed by atoms with Crippen LogP contribution < -0.4 is 11.3 Å². The van der Waals surface area contributed by atoms with Crippen molar-refractivity contribution in [2.75, 3.05) is 12.3 Å². The molecule has 1 aromatic heterocycles. The molecule has 0 saturated carbocycles. The molecule has 1 fully saturated rings. The fourth-order valence-electron chi connectivity index (χ4n) is 1.69. The molecule has 1 saturated heterocycles. The molecule has 8 heteroatoms. The predicted octanol–water partition coefficient (Wildman–Crippen LogP) is -0.880. The van der Waals surface area contributed by atoms with E-state index in [2.05, 4.69) is 5.10 Å². The van der Waals surface area contributed by atoms with Gasteiger partial charge in [-0.3, -0.25) is 4.79 Å². The van der Waals surface area contributed by atoms with Crippen molar-refractivity contribution in [3.05, 3.63) is 21.6 Å². The summed E-state index contributed by atoms with van der Waals surface area (Å²) in [6.45, 7) is -0.324. The third kappa shape index (κ3) is 2.14. The first kappa shape index (κ1) is 12.3. The monoisotopic (exact) mass is 261 g/mol. The van der Waals surface area contributed by atoms with Crippen LogP contribution in [0.4, 0.5) is 5.69 Å². The number of anilines is 1. The van der Waals surface area contributed by atoms with Crippen LogP contribution in [-0.2, 0) is 4.74 Å². The molecule has 0 unspecified atom stereocenters. The van der Waals surface area contributed by atoms with Gasteiger partial charge in [0.05, 0.1) is 24.6 Å². The highest BCUT2D eigenvalue weighted by atomic mass is 35.5. The summed E-state index contributed by atoms with van der Waals surface area (Å²) in [5.41, 5.74) is 4.94. The number of nitrogens with two attached hydrogens (primary N) is 1. The Morgan fingerprint density at radius 3 is 3.00 bits per heavy atom. The zero-order chi connectivity index (χ0) is 12.6. The molecule has 4 N–H and O–H groups in total. The second kappa shape index (κ2) is 4.61. The van der Waals surface area contributed by atoms with E-state index in [1.165, 1.54) is 6.20 Å². The highest BCUT2D eigenvalue weighted by molar-refractivity contribution is 6.32. The number of nitrogens with zero attached hydrogens (tertiary/aromatic N) is 2. The lowest BCUT2D eigenvalue weighted by Gasteiger charge is -2.13. The van der Waals surface area contributed by atoms with Gasteiger partial charge in [-0.15, -0.1) is 0 Å². The lowest BCUT2D eigenvalue weighted by Crippen LogP contribution is -2.29. The highest BCUT2D eigenvalue weighted by Gasteiger charge is 2.35. The Morgan fingerprint density at radius 1 is 1.71 bits per heavy atom. The lowest BCUT2D eigenvalue weighted by molar-refractivity contribution is -0.0500. The topological polar surface area (TPSA) is 111 Å². The van der Waals surface area contributed by atoms with E-state index >= 15 is 0 Å². The van der Waals surface area contributed by atoms with Gasteiger partial charge in [-0.05, 0) is 0 Å². The maximum atomic E-state index is 11.7. The Kier molecular flexibility index (Phi) is 3.34. The van der Waals surface area contributed by atoms with Gasteiger partial charge in [0, 0.05) is 6.42 Å². The van der Waals surface area contributed by atoms with Gasteiger partial charge in [0.1, 0.15) is 11.1 Å². The molecule has 2 heterocycles. The Morgan fingerprint density at radius 2 is 2.41 bits per heavy atom. The number of ether oxygens (including phenoxy) is 1. The van der Waals surface area contributed by atoms with Crippen molar-refractivity contribution in [2.24, 2.45) is 0 Å². The quantitative estimate of drug-likeness (QED) is 0.638. The van der Waals surface area contributed by atoms with Gasteiger partial charge in [0.15, 0.2) is 6.23 Å². The van der Waals surface area contributed by atoms with Crippen molar-refractivity contribution < 1.29 is 14.9 Å². The predicted molar refractivity (Wildman–Crippen MR) is 59.5 cm³/mol. The van der Waals surface area contributed by atoms with E-state index in [9.17, 15) is 9.90 Å². The number of nitrogen functional groups attached to an aromatic ring is 1. The molecule has 0 spiro atoms. The number of rotatable bonds is 2. The van der Waals surface area contributed by atoms with Crippen LogP contribution in [0.5, 0.6) is 0 Å². The van der Waals surface area contributed by atoms with Crippen LogP contribution in [0.25, 0.3) is 0 Å². The fraction of sp³-hybridized carbons (Fsp3) is 0.556. The van der Waals surface area contributed by atoms with Gasteiger partial charge in [-0.1, -0.05) is 11.6 Å². The number of hydrogen-bond donors (Lipinski definition) is 3. The molecule has 94 valence electrons. The SMILES string of the molecule is Nc1cnn([C@H]2C[C@H](O)[C@@H](CO)O2)c(=O)c1Cl. The first-order valence-corrected chi connectivity index (χ1v) is 5.39. The van der Waals surface area contributed by atoms with Crippen LogP contribution >= 0.6 is 11.6 Å². The molecule has 1 aliphatic rings. The molecule has 1 aromatic rings. The summed E-state index contributed by atoms with van der Waals surface area (Å²) in [4.78, 5) is 11.7. The Labute approximate surface area is 101 Å². The van der Waals surface area contributed by atoms with Gasteiger partial charge >= 0.3 is 0 Å². The Balaban J connectivity index is 2.31. The second-order valence-electron chi connectivity index (χ2n) is 3.78. The first-order chi connectivity index (χ1) is 8.04. The second-order valence-corrected chi connectivity index (χ2v) is 4.16. The van der Waals surface area contributed by atoms with E-state index in [0.29, 0.717) is 0 Å². The molecule has 17 heavy (non-hydrogen) atoms. The van der Waals surface area contributed by atoms with Gasteiger partial charge in [0.25, 0.3) is 5.56 Å². The van der Waals surface area contributed by atoms with Crippen molar-refractivity contribution in [3.8, 4) is 0 Å². The molecule has 1 aliphatic heterocycles. The lowest BCUT2D eigenvalue weighted by atomic mass is 10.2. The normalized spacial score (nSPS) is 28.5. The average molecular weight is 262 g/mol. The summed E-state index contributed by atoms with van der Waals surface area (Å²) >= 11 is 5.70. The van der Waals surface area contributed by atoms with Crippen molar-refractivity contribution >= 4 is 17.3 Å². The van der Waals surface area contributed by atoms with Crippen molar-refractivity contribution in [1.82, 2.24) is 9.78 Å². The molecule has 0 bridgehead atoms. The molecule has 0 aromatic carbocycles. The summed E-state index contributed by atoms with van der Waals surface area (Å²) < 4.78 is 6.30. The zero-order valence-corrected chi connectivity index (χ0v) is 9.54. The molecule has 7 nitrogen and oxygen atoms in total. The number of aliphatic hydroxyl groups is 2. The zero-order valence-electron chi connectivity index (χ0n) is 8.78. The third-order valence-electron chi connectivity index (χ3n) is 2.63. The van der Waals surface area contributed by atoms with Crippen LogP contribution in [0.1, 0.15) is 12.6 Å². The minimum Gasteiger partial charge on any atom is -0.396 e. The summed E-state index contributed by atoms with van der Waals surface area (Å²) in [6.07, 6.45) is -0.891. The third-order valence-corrected chi connectivity index (χ3v) is 3.01. The number of aromatic nitrogens is 2. The maximum Gasteiger partial charge on any atom is 0.290 e. The molecule has 0 amide bonds. The van der Waals surface area contributed by atoms with E-state index in [-0.39, 0.29) is 23.7 Å². The van der Waals surface area contributed by atoms with Gasteiger partial charge in [0.2, 0.25) is 0 Å². The summed E-state index contributed by atoms with van der Waals surface area (Å²) in [6, 6.07) is 0. The van der Waals surface area contributed by atoms with Crippen LogP contribution in [0.2, 0.25) is 5.02 Å². The maximum absolute atomic E-state index is 11.7. The molecule has 2 rings (SSSR count). The van der Waals surface area contributed by atoms with E-state index in [4.69, 9.17) is 27.2 Å². The van der Waals surface area contributed by atoms with Crippen molar-refractivity contribution in [1.29, 1.82) is 0 Å². The van der Waals surface area contributed by atoms with Crippen molar-refractivity contribution in [2.45, 2.75) is 24.9 Å². The number of halogens is 1. The Bertz CT molecular complexity index is 478. The minimum atomic E-state index is -0.838. The van der Waals surface area contributed by atoms with Crippen LogP contribution in [0.15, 0.2) is 11.0 Å². The standard InChI is InChI=1S/C9H12ClN3O4/c10-8-4(11)2-12-13(9(8)16)7-1-5(15)6(3-14)17-7/h2,5-7,14-15H,1,3,11H2/t5-,6+,7+/m0/s1. The smallest absolute Gasteiger partial charge is 0.290 e. The summed E-state index contributed by atoms with van der Waals surface area (Å²) in [7, 11) is 0. The molecule has 3 atom stereocenters. The first-order valence-electron chi connectivity index (χ1n) is 5.01. The number of hydrogen-bond acceptors (Lipinski definition) is 6. The fourth-order valence-corrected chi connectivity index (χ4v) is 1.83. The largest absolute Gasteiger partial charge is 0.396 e. The van der Waals surface area contributed by atoms with Gasteiger partial charge in [-0.2, -0.15) is 9.78 Å². The molecule has 0 aliphatic carbocycles. The molecule has 0 radical (unpaired) electrons. The van der Waals surface area contributed by atoms with Crippen molar-refractivity contribution in [3.63, 3.8) is 0 Å². The minimum absolute atomic E-state index is 0.0881. The Hall–Kier alpha value is -1.15. The van der Waals surface area contributed by atoms with E-state index in [1.807, 2.05) is 0 Å². The molecular weight excluding hydrogens is 250 g/mol. The van der Waals surface area contributed by atoms with Crippen LogP contribution in [-0.4, -0.2) is 38.8 Å². The average Bonchev–Trinajstić information content (AvgIpc) is 2.67. The van der Waals surface area contributed by atoms with Crippen LogP contribution in [0, 0.1) is 0 Å². The van der Waals surface area contributed by atoms with Gasteiger partial charge in [-0.25, -0.2) is 0 Å². The summed E-state index contributed by atoms with van der Waals surface area (Å²) in [5.74, 6) is 0. The molecular formula is C9H12ClN3O4.